The van der Waals surface area contributed by atoms with Gasteiger partial charge in [-0.1, -0.05) is 52.8 Å². The van der Waals surface area contributed by atoms with Crippen molar-refractivity contribution >= 4 is 51.2 Å². The van der Waals surface area contributed by atoms with Gasteiger partial charge in [0.2, 0.25) is 0 Å². The van der Waals surface area contributed by atoms with Crippen LogP contribution >= 0.6 is 0 Å². The lowest BCUT2D eigenvalue weighted by Gasteiger charge is -2.39. The zero-order valence-corrected chi connectivity index (χ0v) is 40.7. The van der Waals surface area contributed by atoms with E-state index in [1.54, 1.807) is 58.9 Å². The molecule has 17 nitrogen and oxygen atoms in total. The highest BCUT2D eigenvalue weighted by Crippen LogP contribution is 2.61. The zero-order chi connectivity index (χ0) is 49.7. The quantitative estimate of drug-likeness (QED) is 0.0583. The molecule has 10 atom stereocenters. The highest BCUT2D eigenvalue weighted by Gasteiger charge is 2.50. The topological polar surface area (TPSA) is 229 Å². The Morgan fingerprint density at radius 2 is 1.59 bits per heavy atom. The summed E-state index contributed by atoms with van der Waals surface area (Å²) in [5.41, 5.74) is 0.803. The second kappa shape index (κ2) is 19.5. The lowest BCUT2D eigenvalue weighted by molar-refractivity contribution is -0.160. The second-order valence-electron chi connectivity index (χ2n) is 18.9. The number of hydrogen-bond donors (Lipinski definition) is 7. The van der Waals surface area contributed by atoms with Crippen LogP contribution in [0.5, 0.6) is 34.5 Å². The summed E-state index contributed by atoms with van der Waals surface area (Å²) in [5, 5.41) is 64.7. The van der Waals surface area contributed by atoms with Crippen molar-refractivity contribution in [2.45, 2.75) is 112 Å². The molecule has 68 heavy (non-hydrogen) atoms. The van der Waals surface area contributed by atoms with Crippen LogP contribution in [0.4, 0.5) is 22.7 Å². The average molecular weight is 943 g/mol. The number of nitrogens with zero attached hydrogens (tertiary/aromatic N) is 2. The first kappa shape index (κ1) is 49.9. The molecular weight excluding hydrogens is 877 g/mol. The highest BCUT2D eigenvalue weighted by molar-refractivity contribution is 6.25. The van der Waals surface area contributed by atoms with Crippen molar-refractivity contribution < 1.29 is 63.6 Å². The summed E-state index contributed by atoms with van der Waals surface area (Å²) < 4.78 is 30.6. The zero-order valence-electron chi connectivity index (χ0n) is 40.7. The number of Topliss-reactive ketones (excluding diaryl/α,β-unsaturated/α-hetero) is 1. The van der Waals surface area contributed by atoms with Crippen LogP contribution in [0.15, 0.2) is 48.3 Å². The van der Waals surface area contributed by atoms with Crippen LogP contribution < -0.4 is 25.0 Å². The third kappa shape index (κ3) is 9.04. The van der Waals surface area contributed by atoms with Crippen LogP contribution in [0.2, 0.25) is 0 Å². The van der Waals surface area contributed by atoms with Crippen molar-refractivity contribution in [3.05, 3.63) is 59.4 Å². The number of phenols is 3. The summed E-state index contributed by atoms with van der Waals surface area (Å²) in [5.74, 6) is -7.75. The predicted octanol–water partition coefficient (Wildman–Crippen LogP) is 7.52. The molecule has 4 aliphatic heterocycles. The normalized spacial score (nSPS) is 30.1. The molecule has 3 aromatic rings. The van der Waals surface area contributed by atoms with Crippen LogP contribution in [-0.2, 0) is 23.8 Å². The van der Waals surface area contributed by atoms with Gasteiger partial charge in [-0.05, 0) is 33.3 Å². The lowest BCUT2D eigenvalue weighted by atomic mass is 9.78. The van der Waals surface area contributed by atoms with Crippen molar-refractivity contribution in [1.82, 2.24) is 4.90 Å². The molecule has 0 radical (unpaired) electrons. The van der Waals surface area contributed by atoms with Gasteiger partial charge in [-0.25, -0.2) is 0 Å². The molecule has 0 spiro atoms. The average Bonchev–Trinajstić information content (AvgIpc) is 3.58. The van der Waals surface area contributed by atoms with E-state index < -0.39 is 83.0 Å². The molecule has 17 heteroatoms. The first-order valence-corrected chi connectivity index (χ1v) is 23.3. The van der Waals surface area contributed by atoms with Crippen molar-refractivity contribution in [1.29, 1.82) is 0 Å². The number of esters is 1. The van der Waals surface area contributed by atoms with Gasteiger partial charge < -0.3 is 64.8 Å². The number of aromatic hydroxyl groups is 3. The number of hydrogen-bond acceptors (Lipinski definition) is 16. The molecule has 0 aromatic heterocycles. The molecule has 1 fully saturated rings. The third-order valence-electron chi connectivity index (χ3n) is 14.4. The number of aliphatic hydroxyl groups is 2. The first-order chi connectivity index (χ1) is 32.1. The molecule has 0 saturated carbocycles. The first-order valence-electron chi connectivity index (χ1n) is 23.3. The smallest absolute Gasteiger partial charge is 0.312 e. The molecule has 368 valence electrons. The molecule has 4 aliphatic rings. The van der Waals surface area contributed by atoms with Gasteiger partial charge in [-0.15, -0.1) is 0 Å². The number of carbonyl (C=O) groups excluding carboxylic acids is 3. The van der Waals surface area contributed by atoms with E-state index >= 15 is 0 Å². The van der Waals surface area contributed by atoms with Crippen LogP contribution in [0.1, 0.15) is 84.7 Å². The Hall–Kier alpha value is -6.01. The van der Waals surface area contributed by atoms with Gasteiger partial charge in [0.05, 0.1) is 41.2 Å². The number of anilines is 4. The van der Waals surface area contributed by atoms with E-state index in [2.05, 4.69) is 34.3 Å². The number of rotatable bonds is 5. The molecule has 0 aliphatic carbocycles. The SMILES string of the molecule is CCC(C)N1CCN(c2cc(O)c3c(c2)Oc2c4c(O)c5c(O)c(C)c6c(c5c2N3)C(=O)[C@@](C)(O/C=C/[C@H](OC)[C@@H](C)[C@@H](OC(C)=O)[C@H](C)[C@H](O)[C@H](C)[C@@H](O)[C@@H](C)/C=C/C=C(\C)C(=O)N4)O6)CC1. The third-order valence-corrected chi connectivity index (χ3v) is 14.4. The fourth-order valence-electron chi connectivity index (χ4n) is 9.83. The Labute approximate surface area is 396 Å². The maximum Gasteiger partial charge on any atom is 0.312 e. The number of methoxy groups -OCH3 is 1. The summed E-state index contributed by atoms with van der Waals surface area (Å²) in [7, 11) is 1.45. The van der Waals surface area contributed by atoms with Crippen LogP contribution in [0.3, 0.4) is 0 Å². The maximum absolute atomic E-state index is 14.9. The number of ketones is 1. The molecule has 4 bridgehead atoms. The Balaban J connectivity index is 1.38. The number of ether oxygens (including phenoxy) is 5. The highest BCUT2D eigenvalue weighted by atomic mass is 16.7. The number of phenolic OH excluding ortho intramolecular Hbond substituents is 3. The van der Waals surface area contributed by atoms with Gasteiger partial charge in [0.15, 0.2) is 17.2 Å². The standard InChI is InChI=1S/C51H66N4O13/c1-12-26(4)54-17-19-55(20-18-54)32-22-33(57)39-35(23-32)67-48-40(52-39)36-37-44(60)30(8)47-38(36)49(62)51(10,68-47)65-21-16-34(64-11)27(5)46(66-31(9)56)29(7)43(59)28(6)42(58)24(2)14-13-15-25(3)50(63)53-41(48)45(37)61/h13-16,21-24,26-29,34,42-43,46,52,57-61H,12,17-20H2,1-11H3,(H,53,63)/b14-13+,21-16+,25-15+/t24-,26?,27+,28+,29+,34-,42-,43+,46+,51-/m0/s1. The number of amides is 1. The minimum Gasteiger partial charge on any atom is -0.507 e. The lowest BCUT2D eigenvalue weighted by Crippen LogP contribution is -2.49. The molecule has 7 N–H and O–H groups in total. The van der Waals surface area contributed by atoms with Crippen molar-refractivity contribution in [2.75, 3.05) is 48.8 Å². The van der Waals surface area contributed by atoms with E-state index in [0.717, 1.165) is 19.5 Å². The van der Waals surface area contributed by atoms with Gasteiger partial charge in [0, 0.05) is 111 Å². The predicted molar refractivity (Wildman–Crippen MR) is 257 cm³/mol. The number of nitrogens with one attached hydrogen (secondary N) is 2. The summed E-state index contributed by atoms with van der Waals surface area (Å²) in [6, 6.07) is 3.81. The monoisotopic (exact) mass is 942 g/mol. The maximum atomic E-state index is 14.9. The van der Waals surface area contributed by atoms with Gasteiger partial charge in [-0.3, -0.25) is 19.3 Å². The van der Waals surface area contributed by atoms with Crippen molar-refractivity contribution in [3.63, 3.8) is 0 Å². The molecule has 7 rings (SSSR count). The molecule has 3 aromatic carbocycles. The summed E-state index contributed by atoms with van der Waals surface area (Å²) in [6.45, 7) is 20.1. The van der Waals surface area contributed by atoms with E-state index in [4.69, 9.17) is 23.7 Å². The number of aliphatic hydroxyl groups excluding tert-OH is 2. The summed E-state index contributed by atoms with van der Waals surface area (Å²) >= 11 is 0. The fraction of sp³-hybridized carbons (Fsp3) is 0.510. The van der Waals surface area contributed by atoms with Crippen molar-refractivity contribution in [3.8, 4) is 34.5 Å². The van der Waals surface area contributed by atoms with Crippen LogP contribution in [-0.4, -0.2) is 118 Å². The van der Waals surface area contributed by atoms with E-state index in [0.29, 0.717) is 24.8 Å². The molecule has 4 heterocycles. The number of benzene rings is 3. The Bertz CT molecular complexity index is 2570. The Kier molecular flexibility index (Phi) is 14.3. The Morgan fingerprint density at radius 3 is 2.24 bits per heavy atom. The minimum atomic E-state index is -2.05. The minimum absolute atomic E-state index is 0.0307. The number of carbonyl (C=O) groups is 3. The van der Waals surface area contributed by atoms with Gasteiger partial charge in [0.25, 0.3) is 11.7 Å². The number of allylic oxidation sites excluding steroid dienone is 2. The number of fused-ring (bicyclic) bond motifs is 2. The van der Waals surface area contributed by atoms with E-state index in [1.807, 2.05) is 0 Å². The van der Waals surface area contributed by atoms with E-state index in [1.165, 1.54) is 46.3 Å². The summed E-state index contributed by atoms with van der Waals surface area (Å²) in [4.78, 5) is 46.0. The largest absolute Gasteiger partial charge is 0.507 e. The van der Waals surface area contributed by atoms with Gasteiger partial charge >= 0.3 is 11.8 Å². The van der Waals surface area contributed by atoms with Crippen LogP contribution in [0, 0.1) is 30.6 Å². The molecular formula is C51H66N4O13. The van der Waals surface area contributed by atoms with Crippen molar-refractivity contribution in [2.24, 2.45) is 23.7 Å². The Morgan fingerprint density at radius 1 is 0.897 bits per heavy atom. The molecule has 1 amide bonds. The van der Waals surface area contributed by atoms with E-state index in [-0.39, 0.29) is 67.5 Å². The fourth-order valence-corrected chi connectivity index (χ4v) is 9.83. The van der Waals surface area contributed by atoms with Gasteiger partial charge in [0.1, 0.15) is 34.7 Å². The molecule has 1 saturated heterocycles. The van der Waals surface area contributed by atoms with E-state index in [9.17, 15) is 39.9 Å². The second-order valence-corrected chi connectivity index (χ2v) is 18.9. The van der Waals surface area contributed by atoms with Crippen LogP contribution in [0.25, 0.3) is 10.8 Å². The molecule has 1 unspecified atom stereocenters. The number of piperazine rings is 1. The van der Waals surface area contributed by atoms with Gasteiger partial charge in [-0.2, -0.15) is 0 Å². The summed E-state index contributed by atoms with van der Waals surface area (Å²) in [6.07, 6.45) is 4.66.